The van der Waals surface area contributed by atoms with Crippen LogP contribution in [0.4, 0.5) is 10.6 Å². The van der Waals surface area contributed by atoms with Gasteiger partial charge in [-0.3, -0.25) is 0 Å². The normalized spacial score (nSPS) is 16.2. The number of carbonyl (C=O) groups is 1. The summed E-state index contributed by atoms with van der Waals surface area (Å²) in [6.07, 6.45) is 1.55. The number of aromatic nitrogens is 3. The van der Waals surface area contributed by atoms with Gasteiger partial charge in [-0.1, -0.05) is 0 Å². The fraction of sp³-hybridized carbons (Fsp3) is 0.400. The first-order valence-electron chi connectivity index (χ1n) is 5.59. The van der Waals surface area contributed by atoms with Crippen LogP contribution < -0.4 is 10.6 Å². The predicted molar refractivity (Wildman–Crippen MR) is 68.6 cm³/mol. The molecule has 0 unspecified atom stereocenters. The number of piperazine rings is 1. The first kappa shape index (κ1) is 11.1. The minimum Gasteiger partial charge on any atom is -0.351 e. The van der Waals surface area contributed by atoms with Crippen LogP contribution >= 0.6 is 11.3 Å². The van der Waals surface area contributed by atoms with E-state index in [1.165, 1.54) is 11.3 Å². The Morgan fingerprint density at radius 2 is 2.00 bits per heavy atom. The molecule has 0 aromatic carbocycles. The van der Waals surface area contributed by atoms with Crippen molar-refractivity contribution in [2.45, 2.75) is 0 Å². The summed E-state index contributed by atoms with van der Waals surface area (Å²) in [4.78, 5) is 28.5. The summed E-state index contributed by atoms with van der Waals surface area (Å²) in [5, 5.41) is 0. The molecule has 8 heteroatoms. The van der Waals surface area contributed by atoms with E-state index in [1.54, 1.807) is 16.7 Å². The number of anilines is 1. The lowest BCUT2D eigenvalue weighted by Crippen LogP contribution is -2.50. The number of thiazole rings is 1. The Labute approximate surface area is 107 Å². The van der Waals surface area contributed by atoms with Crippen LogP contribution in [0.25, 0.3) is 10.3 Å². The third kappa shape index (κ3) is 1.84. The number of primary amides is 1. The second kappa shape index (κ2) is 4.37. The van der Waals surface area contributed by atoms with Crippen molar-refractivity contribution in [3.05, 3.63) is 11.8 Å². The zero-order valence-electron chi connectivity index (χ0n) is 9.61. The van der Waals surface area contributed by atoms with E-state index in [2.05, 4.69) is 19.9 Å². The molecule has 1 saturated heterocycles. The number of carbonyl (C=O) groups excluding carboxylic acids is 1. The Morgan fingerprint density at radius 1 is 1.22 bits per heavy atom. The zero-order chi connectivity index (χ0) is 12.5. The van der Waals surface area contributed by atoms with Gasteiger partial charge in [0.25, 0.3) is 0 Å². The monoisotopic (exact) mass is 264 g/mol. The largest absolute Gasteiger partial charge is 0.351 e. The van der Waals surface area contributed by atoms with E-state index in [4.69, 9.17) is 5.73 Å². The number of nitrogens with two attached hydrogens (primary N) is 1. The van der Waals surface area contributed by atoms with Crippen molar-refractivity contribution in [1.82, 2.24) is 19.9 Å². The van der Waals surface area contributed by atoms with E-state index in [0.717, 1.165) is 16.2 Å². The van der Waals surface area contributed by atoms with Gasteiger partial charge in [0, 0.05) is 26.2 Å². The van der Waals surface area contributed by atoms with Crippen LogP contribution in [0.1, 0.15) is 0 Å². The van der Waals surface area contributed by atoms with Gasteiger partial charge in [-0.25, -0.2) is 19.7 Å². The van der Waals surface area contributed by atoms with E-state index in [1.807, 2.05) is 0 Å². The standard InChI is InChI=1S/C10H12N6OS/c11-10(17)16-3-1-15(2-4-16)8-7-9(13-5-12-8)18-6-14-7/h5-6H,1-4H2,(H2,11,17). The van der Waals surface area contributed by atoms with Crippen LogP contribution in [0.5, 0.6) is 0 Å². The van der Waals surface area contributed by atoms with Gasteiger partial charge in [-0.2, -0.15) is 0 Å². The van der Waals surface area contributed by atoms with Crippen LogP contribution in [-0.4, -0.2) is 52.1 Å². The highest BCUT2D eigenvalue weighted by Crippen LogP contribution is 2.24. The minimum absolute atomic E-state index is 0.365. The molecule has 0 spiro atoms. The molecule has 1 aliphatic rings. The lowest BCUT2D eigenvalue weighted by atomic mass is 10.3. The van der Waals surface area contributed by atoms with Crippen molar-refractivity contribution in [1.29, 1.82) is 0 Å². The highest BCUT2D eigenvalue weighted by Gasteiger charge is 2.22. The second-order valence-electron chi connectivity index (χ2n) is 4.02. The first-order chi connectivity index (χ1) is 8.75. The van der Waals surface area contributed by atoms with Crippen LogP contribution in [0.3, 0.4) is 0 Å². The maximum atomic E-state index is 11.1. The van der Waals surface area contributed by atoms with E-state index in [9.17, 15) is 4.79 Å². The lowest BCUT2D eigenvalue weighted by Gasteiger charge is -2.34. The average Bonchev–Trinajstić information content (AvgIpc) is 2.87. The molecule has 94 valence electrons. The van der Waals surface area contributed by atoms with Gasteiger partial charge in [0.15, 0.2) is 5.82 Å². The molecule has 2 amide bonds. The molecule has 0 radical (unpaired) electrons. The Bertz CT molecular complexity index is 577. The van der Waals surface area contributed by atoms with Crippen LogP contribution in [0, 0.1) is 0 Å². The summed E-state index contributed by atoms with van der Waals surface area (Å²) < 4.78 is 0. The molecule has 7 nitrogen and oxygen atoms in total. The molecule has 0 bridgehead atoms. The van der Waals surface area contributed by atoms with Crippen molar-refractivity contribution >= 4 is 33.5 Å². The van der Waals surface area contributed by atoms with Gasteiger partial charge in [0.1, 0.15) is 16.7 Å². The highest BCUT2D eigenvalue weighted by molar-refractivity contribution is 7.16. The summed E-state index contributed by atoms with van der Waals surface area (Å²) in [6, 6.07) is -0.365. The molecule has 0 atom stereocenters. The predicted octanol–water partition coefficient (Wildman–Crippen LogP) is 0.287. The summed E-state index contributed by atoms with van der Waals surface area (Å²) in [6.45, 7) is 2.66. The first-order valence-corrected chi connectivity index (χ1v) is 6.47. The average molecular weight is 264 g/mol. The lowest BCUT2D eigenvalue weighted by molar-refractivity contribution is 0.204. The van der Waals surface area contributed by atoms with Crippen LogP contribution in [0.15, 0.2) is 11.8 Å². The van der Waals surface area contributed by atoms with Gasteiger partial charge in [0.05, 0.1) is 5.51 Å². The Kier molecular flexibility index (Phi) is 2.71. The number of rotatable bonds is 1. The number of amides is 2. The molecular formula is C10H12N6OS. The van der Waals surface area contributed by atoms with Gasteiger partial charge >= 0.3 is 6.03 Å². The summed E-state index contributed by atoms with van der Waals surface area (Å²) in [5.41, 5.74) is 7.85. The molecule has 1 aliphatic heterocycles. The molecule has 0 aliphatic carbocycles. The number of hydrogen-bond donors (Lipinski definition) is 1. The fourth-order valence-corrected chi connectivity index (χ4v) is 2.67. The summed E-state index contributed by atoms with van der Waals surface area (Å²) >= 11 is 1.50. The summed E-state index contributed by atoms with van der Waals surface area (Å²) in [7, 11) is 0. The Hall–Kier alpha value is -1.96. The molecule has 2 aromatic rings. The smallest absolute Gasteiger partial charge is 0.314 e. The quantitative estimate of drug-likeness (QED) is 0.799. The molecule has 3 heterocycles. The van der Waals surface area contributed by atoms with Crippen molar-refractivity contribution in [2.24, 2.45) is 5.73 Å². The van der Waals surface area contributed by atoms with Crippen LogP contribution in [-0.2, 0) is 0 Å². The van der Waals surface area contributed by atoms with Gasteiger partial charge in [-0.15, -0.1) is 11.3 Å². The van der Waals surface area contributed by atoms with Crippen LogP contribution in [0.2, 0.25) is 0 Å². The molecule has 2 aromatic heterocycles. The minimum atomic E-state index is -0.365. The molecule has 3 rings (SSSR count). The van der Waals surface area contributed by atoms with Crippen molar-refractivity contribution in [3.63, 3.8) is 0 Å². The maximum Gasteiger partial charge on any atom is 0.314 e. The van der Waals surface area contributed by atoms with Crippen molar-refractivity contribution in [2.75, 3.05) is 31.1 Å². The Morgan fingerprint density at radius 3 is 2.72 bits per heavy atom. The number of fused-ring (bicyclic) bond motifs is 1. The molecule has 18 heavy (non-hydrogen) atoms. The fourth-order valence-electron chi connectivity index (χ4n) is 2.05. The third-order valence-electron chi connectivity index (χ3n) is 3.01. The third-order valence-corrected chi connectivity index (χ3v) is 3.74. The molecule has 1 fully saturated rings. The topological polar surface area (TPSA) is 88.2 Å². The van der Waals surface area contributed by atoms with E-state index in [0.29, 0.717) is 26.2 Å². The van der Waals surface area contributed by atoms with E-state index < -0.39 is 0 Å². The summed E-state index contributed by atoms with van der Waals surface area (Å²) in [5.74, 6) is 0.838. The van der Waals surface area contributed by atoms with E-state index >= 15 is 0 Å². The van der Waals surface area contributed by atoms with Crippen molar-refractivity contribution in [3.8, 4) is 0 Å². The molecule has 0 saturated carbocycles. The Balaban J connectivity index is 1.84. The number of nitrogens with zero attached hydrogens (tertiary/aromatic N) is 5. The van der Waals surface area contributed by atoms with Crippen molar-refractivity contribution < 1.29 is 4.79 Å². The molecule has 2 N–H and O–H groups in total. The van der Waals surface area contributed by atoms with Gasteiger partial charge in [0.2, 0.25) is 0 Å². The number of hydrogen-bond acceptors (Lipinski definition) is 6. The second-order valence-corrected chi connectivity index (χ2v) is 4.85. The highest BCUT2D eigenvalue weighted by atomic mass is 32.1. The molecular weight excluding hydrogens is 252 g/mol. The maximum absolute atomic E-state index is 11.1. The zero-order valence-corrected chi connectivity index (χ0v) is 10.4. The van der Waals surface area contributed by atoms with E-state index in [-0.39, 0.29) is 6.03 Å². The number of urea groups is 1. The van der Waals surface area contributed by atoms with Gasteiger partial charge in [-0.05, 0) is 0 Å². The van der Waals surface area contributed by atoms with Gasteiger partial charge < -0.3 is 15.5 Å². The SMILES string of the molecule is NC(=O)N1CCN(c2ncnc3scnc23)CC1.